The lowest BCUT2D eigenvalue weighted by molar-refractivity contribution is 0.0758. The van der Waals surface area contributed by atoms with Gasteiger partial charge in [0.1, 0.15) is 12.1 Å². The van der Waals surface area contributed by atoms with Gasteiger partial charge >= 0.3 is 0 Å². The van der Waals surface area contributed by atoms with Gasteiger partial charge in [0.2, 0.25) is 0 Å². The van der Waals surface area contributed by atoms with Crippen LogP contribution in [0.1, 0.15) is 41.6 Å². The Morgan fingerprint density at radius 2 is 2.00 bits per heavy atom. The Morgan fingerprint density at radius 3 is 2.62 bits per heavy atom. The molecule has 7 nitrogen and oxygen atoms in total. The number of aromatic nitrogens is 4. The van der Waals surface area contributed by atoms with E-state index < -0.39 is 0 Å². The Kier molecular flexibility index (Phi) is 5.54. The van der Waals surface area contributed by atoms with Gasteiger partial charge in [-0.05, 0) is 38.2 Å². The van der Waals surface area contributed by atoms with E-state index in [9.17, 15) is 4.79 Å². The Morgan fingerprint density at radius 1 is 1.27 bits per heavy atom. The molecule has 140 valence electrons. The largest absolute Gasteiger partial charge is 0.356 e. The number of anilines is 1. The van der Waals surface area contributed by atoms with E-state index in [1.807, 2.05) is 32.0 Å². The maximum absolute atomic E-state index is 12.6. The molecule has 0 radical (unpaired) electrons. The van der Waals surface area contributed by atoms with Gasteiger partial charge in [0.25, 0.3) is 5.91 Å². The zero-order chi connectivity index (χ0) is 18.7. The monoisotopic (exact) mass is 356 g/mol. The second-order valence-corrected chi connectivity index (χ2v) is 7.13. The summed E-state index contributed by atoms with van der Waals surface area (Å²) < 4.78 is 1.74. The SMILES string of the molecule is CCc1cc(N2CCC(CN(C)C(=O)c3cc(C)n(C)n3)CC2)ncn1. The van der Waals surface area contributed by atoms with E-state index in [2.05, 4.69) is 33.0 Å². The van der Waals surface area contributed by atoms with Crippen molar-refractivity contribution in [1.82, 2.24) is 24.6 Å². The van der Waals surface area contributed by atoms with Crippen molar-refractivity contribution in [2.24, 2.45) is 13.0 Å². The van der Waals surface area contributed by atoms with Crippen LogP contribution in [0.25, 0.3) is 0 Å². The highest BCUT2D eigenvalue weighted by molar-refractivity contribution is 5.92. The predicted octanol–water partition coefficient (Wildman–Crippen LogP) is 2.07. The Hall–Kier alpha value is -2.44. The first-order valence-electron chi connectivity index (χ1n) is 9.30. The fourth-order valence-corrected chi connectivity index (χ4v) is 3.43. The highest BCUT2D eigenvalue weighted by Gasteiger charge is 2.24. The van der Waals surface area contributed by atoms with Crippen molar-refractivity contribution < 1.29 is 4.79 Å². The van der Waals surface area contributed by atoms with Crippen molar-refractivity contribution in [3.05, 3.63) is 35.5 Å². The first-order chi connectivity index (χ1) is 12.5. The third kappa shape index (κ3) is 4.03. The lowest BCUT2D eigenvalue weighted by atomic mass is 9.96. The molecule has 0 unspecified atom stereocenters. The normalized spacial score (nSPS) is 15.3. The quantitative estimate of drug-likeness (QED) is 0.820. The van der Waals surface area contributed by atoms with Gasteiger partial charge in [-0.3, -0.25) is 9.48 Å². The van der Waals surface area contributed by atoms with Gasteiger partial charge < -0.3 is 9.80 Å². The molecular formula is C19H28N6O. The molecule has 0 aliphatic carbocycles. The Bertz CT molecular complexity index is 744. The Labute approximate surface area is 155 Å². The fraction of sp³-hybridized carbons (Fsp3) is 0.579. The smallest absolute Gasteiger partial charge is 0.274 e. The summed E-state index contributed by atoms with van der Waals surface area (Å²) in [5.41, 5.74) is 2.59. The van der Waals surface area contributed by atoms with E-state index in [1.165, 1.54) is 0 Å². The lowest BCUT2D eigenvalue weighted by Gasteiger charge is -2.34. The molecule has 26 heavy (non-hydrogen) atoms. The van der Waals surface area contributed by atoms with Crippen LogP contribution in [0.4, 0.5) is 5.82 Å². The zero-order valence-electron chi connectivity index (χ0n) is 16.1. The number of nitrogens with zero attached hydrogens (tertiary/aromatic N) is 6. The minimum Gasteiger partial charge on any atom is -0.356 e. The number of piperidine rings is 1. The van der Waals surface area contributed by atoms with Gasteiger partial charge in [-0.15, -0.1) is 0 Å². The number of carbonyl (C=O) groups is 1. The summed E-state index contributed by atoms with van der Waals surface area (Å²) in [5.74, 6) is 1.53. The van der Waals surface area contributed by atoms with Crippen molar-refractivity contribution in [3.8, 4) is 0 Å². The minimum atomic E-state index is -0.000447. The van der Waals surface area contributed by atoms with Gasteiger partial charge in [0, 0.05) is 51.2 Å². The van der Waals surface area contributed by atoms with E-state index in [1.54, 1.807) is 11.0 Å². The average Bonchev–Trinajstić information content (AvgIpc) is 3.00. The minimum absolute atomic E-state index is 0.000447. The molecule has 1 amide bonds. The molecule has 0 saturated carbocycles. The molecule has 0 aromatic carbocycles. The van der Waals surface area contributed by atoms with Gasteiger partial charge in [-0.25, -0.2) is 9.97 Å². The van der Waals surface area contributed by atoms with E-state index in [4.69, 9.17) is 0 Å². The maximum Gasteiger partial charge on any atom is 0.274 e. The molecule has 1 fully saturated rings. The maximum atomic E-state index is 12.6. The van der Waals surface area contributed by atoms with E-state index >= 15 is 0 Å². The predicted molar refractivity (Wildman–Crippen MR) is 101 cm³/mol. The van der Waals surface area contributed by atoms with Crippen molar-refractivity contribution >= 4 is 11.7 Å². The molecule has 1 aliphatic heterocycles. The molecular weight excluding hydrogens is 328 g/mol. The Balaban J connectivity index is 1.54. The third-order valence-electron chi connectivity index (χ3n) is 5.22. The summed E-state index contributed by atoms with van der Waals surface area (Å²) in [4.78, 5) is 25.4. The molecule has 2 aromatic heterocycles. The summed E-state index contributed by atoms with van der Waals surface area (Å²) in [7, 11) is 3.73. The van der Waals surface area contributed by atoms with E-state index in [0.717, 1.165) is 56.1 Å². The van der Waals surface area contributed by atoms with Gasteiger partial charge in [-0.1, -0.05) is 6.92 Å². The van der Waals surface area contributed by atoms with Crippen molar-refractivity contribution in [3.63, 3.8) is 0 Å². The number of rotatable bonds is 5. The molecule has 2 aromatic rings. The highest BCUT2D eigenvalue weighted by Crippen LogP contribution is 2.23. The fourth-order valence-electron chi connectivity index (χ4n) is 3.43. The molecule has 1 aliphatic rings. The molecule has 0 N–H and O–H groups in total. The lowest BCUT2D eigenvalue weighted by Crippen LogP contribution is -2.40. The van der Waals surface area contributed by atoms with Crippen molar-refractivity contribution in [2.75, 3.05) is 31.6 Å². The van der Waals surface area contributed by atoms with Crippen LogP contribution >= 0.6 is 0 Å². The van der Waals surface area contributed by atoms with Crippen LogP contribution in [-0.2, 0) is 13.5 Å². The van der Waals surface area contributed by atoms with Crippen LogP contribution in [0.5, 0.6) is 0 Å². The molecule has 7 heteroatoms. The number of carbonyl (C=O) groups excluding carboxylic acids is 1. The van der Waals surface area contributed by atoms with Crippen LogP contribution in [-0.4, -0.2) is 57.2 Å². The number of aryl methyl sites for hydroxylation is 3. The molecule has 3 rings (SSSR count). The number of hydrogen-bond donors (Lipinski definition) is 0. The summed E-state index contributed by atoms with van der Waals surface area (Å²) in [5, 5.41) is 4.30. The highest BCUT2D eigenvalue weighted by atomic mass is 16.2. The van der Waals surface area contributed by atoms with E-state index in [-0.39, 0.29) is 5.91 Å². The average molecular weight is 356 g/mol. The summed E-state index contributed by atoms with van der Waals surface area (Å²) >= 11 is 0. The van der Waals surface area contributed by atoms with Gasteiger partial charge in [0.15, 0.2) is 5.69 Å². The van der Waals surface area contributed by atoms with Crippen LogP contribution in [0, 0.1) is 12.8 Å². The molecule has 0 atom stereocenters. The zero-order valence-corrected chi connectivity index (χ0v) is 16.1. The van der Waals surface area contributed by atoms with Crippen LogP contribution in [0.15, 0.2) is 18.5 Å². The number of amides is 1. The first-order valence-corrected chi connectivity index (χ1v) is 9.30. The molecule has 0 spiro atoms. The third-order valence-corrected chi connectivity index (χ3v) is 5.22. The number of hydrogen-bond acceptors (Lipinski definition) is 5. The van der Waals surface area contributed by atoms with Crippen molar-refractivity contribution in [1.29, 1.82) is 0 Å². The van der Waals surface area contributed by atoms with Crippen LogP contribution in [0.3, 0.4) is 0 Å². The first kappa shape index (κ1) is 18.4. The molecule has 3 heterocycles. The topological polar surface area (TPSA) is 67.2 Å². The van der Waals surface area contributed by atoms with Crippen LogP contribution in [0.2, 0.25) is 0 Å². The molecule has 1 saturated heterocycles. The van der Waals surface area contributed by atoms with Crippen LogP contribution < -0.4 is 4.90 Å². The summed E-state index contributed by atoms with van der Waals surface area (Å²) in [6.45, 7) is 6.77. The van der Waals surface area contributed by atoms with E-state index in [0.29, 0.717) is 11.6 Å². The standard InChI is InChI=1S/C19H28N6O/c1-5-16-11-18(21-13-20-16)25-8-6-15(7-9-25)12-23(3)19(26)17-10-14(2)24(4)22-17/h10-11,13,15H,5-9,12H2,1-4H3. The summed E-state index contributed by atoms with van der Waals surface area (Å²) in [6, 6.07) is 3.93. The van der Waals surface area contributed by atoms with Gasteiger partial charge in [-0.2, -0.15) is 5.10 Å². The second-order valence-electron chi connectivity index (χ2n) is 7.13. The van der Waals surface area contributed by atoms with Gasteiger partial charge in [0.05, 0.1) is 0 Å². The second kappa shape index (κ2) is 7.85. The summed E-state index contributed by atoms with van der Waals surface area (Å²) in [6.07, 6.45) is 4.70. The molecule has 0 bridgehead atoms. The van der Waals surface area contributed by atoms with Crippen molar-refractivity contribution in [2.45, 2.75) is 33.1 Å².